The molecule has 0 aliphatic heterocycles. The molecule has 4 unspecified atom stereocenters. The predicted molar refractivity (Wildman–Crippen MR) is 79.3 cm³/mol. The molecule has 0 aromatic heterocycles. The van der Waals surface area contributed by atoms with E-state index >= 15 is 0 Å². The molecule has 0 bridgehead atoms. The third kappa shape index (κ3) is 8.84. The van der Waals surface area contributed by atoms with Gasteiger partial charge in [0.2, 0.25) is 0 Å². The first-order chi connectivity index (χ1) is 9.13. The first-order valence-corrected chi connectivity index (χ1v) is 7.33. The zero-order chi connectivity index (χ0) is 15.9. The number of rotatable bonds is 10. The van der Waals surface area contributed by atoms with Crippen LogP contribution in [0.3, 0.4) is 0 Å². The summed E-state index contributed by atoms with van der Waals surface area (Å²) in [6, 6.07) is 0. The first kappa shape index (κ1) is 19.8. The van der Waals surface area contributed by atoms with Gasteiger partial charge in [0.25, 0.3) is 0 Å². The van der Waals surface area contributed by atoms with Crippen LogP contribution in [-0.4, -0.2) is 87.0 Å². The molecule has 0 aliphatic carbocycles. The van der Waals surface area contributed by atoms with Crippen LogP contribution in [0.5, 0.6) is 0 Å². The van der Waals surface area contributed by atoms with Gasteiger partial charge >= 0.3 is 0 Å². The fourth-order valence-corrected chi connectivity index (χ4v) is 2.35. The van der Waals surface area contributed by atoms with E-state index in [1.165, 1.54) is 0 Å². The molecule has 0 amide bonds. The van der Waals surface area contributed by atoms with Crippen LogP contribution >= 0.6 is 0 Å². The highest BCUT2D eigenvalue weighted by molar-refractivity contribution is 4.76. The van der Waals surface area contributed by atoms with Gasteiger partial charge in [0.1, 0.15) is 0 Å². The molecule has 0 aromatic carbocycles. The molecule has 0 heterocycles. The standard InChI is InChI=1S/C14H32N2O4/c1-10(17)6-15(7-11(2)18)14(5)16(8-12(3)19)9-13(4)20/h10-14,17-20H,6-9H2,1-5H3. The van der Waals surface area contributed by atoms with Crippen LogP contribution in [0.15, 0.2) is 0 Å². The number of aliphatic hydroxyl groups excluding tert-OH is 4. The molecule has 0 spiro atoms. The summed E-state index contributed by atoms with van der Waals surface area (Å²) < 4.78 is 0. The molecule has 122 valence electrons. The van der Waals surface area contributed by atoms with E-state index in [-0.39, 0.29) is 6.17 Å². The highest BCUT2D eigenvalue weighted by Gasteiger charge is 2.25. The largest absolute Gasteiger partial charge is 0.392 e. The van der Waals surface area contributed by atoms with Gasteiger partial charge < -0.3 is 20.4 Å². The summed E-state index contributed by atoms with van der Waals surface area (Å²) in [5.41, 5.74) is 0. The van der Waals surface area contributed by atoms with E-state index in [0.29, 0.717) is 26.2 Å². The Balaban J connectivity index is 4.85. The Morgan fingerprint density at radius 3 is 0.900 bits per heavy atom. The van der Waals surface area contributed by atoms with Gasteiger partial charge in [-0.25, -0.2) is 0 Å². The van der Waals surface area contributed by atoms with Crippen LogP contribution < -0.4 is 0 Å². The lowest BCUT2D eigenvalue weighted by atomic mass is 10.2. The first-order valence-electron chi connectivity index (χ1n) is 7.33. The number of aliphatic hydroxyl groups is 4. The molecule has 0 saturated heterocycles. The summed E-state index contributed by atoms with van der Waals surface area (Å²) >= 11 is 0. The van der Waals surface area contributed by atoms with Crippen molar-refractivity contribution < 1.29 is 20.4 Å². The summed E-state index contributed by atoms with van der Waals surface area (Å²) in [4.78, 5) is 3.92. The fraction of sp³-hybridized carbons (Fsp3) is 1.00. The number of nitrogens with zero attached hydrogens (tertiary/aromatic N) is 2. The Morgan fingerprint density at radius 2 is 0.750 bits per heavy atom. The topological polar surface area (TPSA) is 87.4 Å². The van der Waals surface area contributed by atoms with Crippen molar-refractivity contribution in [2.75, 3.05) is 26.2 Å². The Labute approximate surface area is 122 Å². The summed E-state index contributed by atoms with van der Waals surface area (Å²) in [7, 11) is 0. The summed E-state index contributed by atoms with van der Waals surface area (Å²) in [6.45, 7) is 10.5. The lowest BCUT2D eigenvalue weighted by Crippen LogP contribution is -2.53. The van der Waals surface area contributed by atoms with E-state index in [4.69, 9.17) is 0 Å². The highest BCUT2D eigenvalue weighted by atomic mass is 16.3. The van der Waals surface area contributed by atoms with Crippen LogP contribution in [0.1, 0.15) is 34.6 Å². The smallest absolute Gasteiger partial charge is 0.0639 e. The Kier molecular flexibility index (Phi) is 9.54. The second-order valence-electron chi connectivity index (χ2n) is 5.94. The quantitative estimate of drug-likeness (QED) is 0.405. The van der Waals surface area contributed by atoms with Crippen LogP contribution in [-0.2, 0) is 0 Å². The van der Waals surface area contributed by atoms with Crippen LogP contribution in [0.4, 0.5) is 0 Å². The minimum atomic E-state index is -0.504. The minimum Gasteiger partial charge on any atom is -0.392 e. The normalized spacial score (nSPS) is 19.9. The molecule has 4 atom stereocenters. The summed E-state index contributed by atoms with van der Waals surface area (Å²) in [5, 5.41) is 38.4. The zero-order valence-electron chi connectivity index (χ0n) is 13.4. The van der Waals surface area contributed by atoms with Gasteiger partial charge in [-0.1, -0.05) is 0 Å². The van der Waals surface area contributed by atoms with E-state index in [2.05, 4.69) is 0 Å². The van der Waals surface area contributed by atoms with Gasteiger partial charge in [-0.3, -0.25) is 9.80 Å². The third-order valence-corrected chi connectivity index (χ3v) is 3.05. The average molecular weight is 292 g/mol. The van der Waals surface area contributed by atoms with Crippen molar-refractivity contribution in [2.45, 2.75) is 65.2 Å². The van der Waals surface area contributed by atoms with Gasteiger partial charge in [-0.2, -0.15) is 0 Å². The van der Waals surface area contributed by atoms with E-state index in [9.17, 15) is 20.4 Å². The van der Waals surface area contributed by atoms with Crippen molar-refractivity contribution in [2.24, 2.45) is 0 Å². The van der Waals surface area contributed by atoms with E-state index in [1.807, 2.05) is 16.7 Å². The maximum absolute atomic E-state index is 9.59. The lowest BCUT2D eigenvalue weighted by molar-refractivity contribution is -0.0298. The van der Waals surface area contributed by atoms with Gasteiger partial charge in [0, 0.05) is 26.2 Å². The van der Waals surface area contributed by atoms with Gasteiger partial charge in [0.05, 0.1) is 30.6 Å². The Morgan fingerprint density at radius 1 is 0.550 bits per heavy atom. The number of hydrogen-bond acceptors (Lipinski definition) is 6. The number of hydrogen-bond donors (Lipinski definition) is 4. The van der Waals surface area contributed by atoms with E-state index in [0.717, 1.165) is 0 Å². The zero-order valence-corrected chi connectivity index (χ0v) is 13.4. The van der Waals surface area contributed by atoms with Crippen LogP contribution in [0.25, 0.3) is 0 Å². The van der Waals surface area contributed by atoms with Crippen molar-refractivity contribution in [1.29, 1.82) is 0 Å². The second kappa shape index (κ2) is 9.65. The van der Waals surface area contributed by atoms with Gasteiger partial charge in [-0.15, -0.1) is 0 Å². The molecule has 0 aromatic rings. The van der Waals surface area contributed by atoms with Gasteiger partial charge in [-0.05, 0) is 34.6 Å². The molecule has 4 N–H and O–H groups in total. The molecule has 0 aliphatic rings. The van der Waals surface area contributed by atoms with Crippen molar-refractivity contribution in [3.8, 4) is 0 Å². The van der Waals surface area contributed by atoms with E-state index < -0.39 is 24.4 Å². The van der Waals surface area contributed by atoms with Crippen molar-refractivity contribution in [3.05, 3.63) is 0 Å². The van der Waals surface area contributed by atoms with Gasteiger partial charge in [0.15, 0.2) is 0 Å². The SMILES string of the molecule is CC(O)CN(CC(C)O)C(C)N(CC(C)O)CC(C)O. The van der Waals surface area contributed by atoms with Crippen molar-refractivity contribution in [3.63, 3.8) is 0 Å². The summed E-state index contributed by atoms with van der Waals surface area (Å²) in [5.74, 6) is 0. The molecular weight excluding hydrogens is 260 g/mol. The maximum atomic E-state index is 9.59. The monoisotopic (exact) mass is 292 g/mol. The third-order valence-electron chi connectivity index (χ3n) is 3.05. The molecule has 0 rings (SSSR count). The molecule has 0 fully saturated rings. The Bertz CT molecular complexity index is 203. The molecule has 20 heavy (non-hydrogen) atoms. The minimum absolute atomic E-state index is 0.0941. The summed E-state index contributed by atoms with van der Waals surface area (Å²) in [6.07, 6.45) is -2.11. The van der Waals surface area contributed by atoms with Crippen LogP contribution in [0.2, 0.25) is 0 Å². The highest BCUT2D eigenvalue weighted by Crippen LogP contribution is 2.10. The van der Waals surface area contributed by atoms with Crippen molar-refractivity contribution in [1.82, 2.24) is 9.80 Å². The molecule has 6 heteroatoms. The average Bonchev–Trinajstić information content (AvgIpc) is 2.23. The molecule has 0 saturated carbocycles. The van der Waals surface area contributed by atoms with Crippen molar-refractivity contribution >= 4 is 0 Å². The maximum Gasteiger partial charge on any atom is 0.0639 e. The second-order valence-corrected chi connectivity index (χ2v) is 5.94. The lowest BCUT2D eigenvalue weighted by Gasteiger charge is -2.39. The Hall–Kier alpha value is -0.240. The fourth-order valence-electron chi connectivity index (χ4n) is 2.35. The molecule has 6 nitrogen and oxygen atoms in total. The molecule has 0 radical (unpaired) electrons. The predicted octanol–water partition coefficient (Wildman–Crippen LogP) is -0.540. The molecular formula is C14H32N2O4. The van der Waals surface area contributed by atoms with E-state index in [1.54, 1.807) is 27.7 Å². The van der Waals surface area contributed by atoms with Crippen LogP contribution in [0, 0.1) is 0 Å².